The van der Waals surface area contributed by atoms with Gasteiger partial charge in [0.15, 0.2) is 5.76 Å². The Morgan fingerprint density at radius 2 is 1.77 bits per heavy atom. The second-order valence-electron chi connectivity index (χ2n) is 5.40. The molecule has 3 heterocycles. The first-order chi connectivity index (χ1) is 10.5. The van der Waals surface area contributed by atoms with E-state index < -0.39 is 0 Å². The first-order valence-electron chi connectivity index (χ1n) is 7.02. The molecule has 7 nitrogen and oxygen atoms in total. The van der Waals surface area contributed by atoms with E-state index in [9.17, 15) is 0 Å². The molecule has 0 aliphatic carbocycles. The summed E-state index contributed by atoms with van der Waals surface area (Å²) in [7, 11) is 1.99. The minimum absolute atomic E-state index is 0.508. The molecule has 0 bridgehead atoms. The summed E-state index contributed by atoms with van der Waals surface area (Å²) in [5.74, 6) is 2.77. The van der Waals surface area contributed by atoms with Crippen molar-refractivity contribution < 1.29 is 13.5 Å². The number of hydrogen-bond donors (Lipinski definition) is 0. The SMILES string of the molecule is Cc1ccc(-c2nc(CN(C)Cc3nonc3C)c(C)o2)o1. The molecule has 0 radical (unpaired) electrons. The number of oxazole rings is 1. The molecule has 3 rings (SSSR count). The lowest BCUT2D eigenvalue weighted by Gasteiger charge is -2.13. The monoisotopic (exact) mass is 302 g/mol. The van der Waals surface area contributed by atoms with E-state index in [2.05, 4.69) is 20.2 Å². The molecule has 0 unspecified atom stereocenters. The highest BCUT2D eigenvalue weighted by atomic mass is 16.6. The minimum atomic E-state index is 0.508. The zero-order valence-corrected chi connectivity index (χ0v) is 13.1. The summed E-state index contributed by atoms with van der Waals surface area (Å²) in [6, 6.07) is 3.75. The highest BCUT2D eigenvalue weighted by molar-refractivity contribution is 5.45. The van der Waals surface area contributed by atoms with Gasteiger partial charge in [0, 0.05) is 13.1 Å². The van der Waals surface area contributed by atoms with Crippen molar-refractivity contribution in [2.45, 2.75) is 33.9 Å². The van der Waals surface area contributed by atoms with Gasteiger partial charge in [-0.25, -0.2) is 9.61 Å². The van der Waals surface area contributed by atoms with Gasteiger partial charge >= 0.3 is 0 Å². The molecule has 0 spiro atoms. The predicted molar refractivity (Wildman–Crippen MR) is 77.9 cm³/mol. The van der Waals surface area contributed by atoms with Crippen LogP contribution in [-0.2, 0) is 13.1 Å². The van der Waals surface area contributed by atoms with Crippen LogP contribution in [0.15, 0.2) is 25.6 Å². The highest BCUT2D eigenvalue weighted by Crippen LogP contribution is 2.24. The number of aromatic nitrogens is 3. The van der Waals surface area contributed by atoms with Crippen molar-refractivity contribution in [3.05, 3.63) is 40.7 Å². The number of nitrogens with zero attached hydrogens (tertiary/aromatic N) is 4. The molecule has 22 heavy (non-hydrogen) atoms. The Labute approximate surface area is 127 Å². The lowest BCUT2D eigenvalue weighted by Crippen LogP contribution is -2.18. The van der Waals surface area contributed by atoms with Crippen LogP contribution >= 0.6 is 0 Å². The van der Waals surface area contributed by atoms with Crippen molar-refractivity contribution in [3.8, 4) is 11.7 Å². The topological polar surface area (TPSA) is 81.3 Å². The average molecular weight is 302 g/mol. The first-order valence-corrected chi connectivity index (χ1v) is 7.02. The third-order valence-electron chi connectivity index (χ3n) is 3.43. The Hall–Kier alpha value is -2.41. The highest BCUT2D eigenvalue weighted by Gasteiger charge is 2.16. The predicted octanol–water partition coefficient (Wildman–Crippen LogP) is 2.87. The van der Waals surface area contributed by atoms with Gasteiger partial charge in [0.1, 0.15) is 22.9 Å². The van der Waals surface area contributed by atoms with Gasteiger partial charge in [-0.3, -0.25) is 4.90 Å². The van der Waals surface area contributed by atoms with E-state index in [0.717, 1.165) is 28.6 Å². The van der Waals surface area contributed by atoms with Gasteiger partial charge in [-0.1, -0.05) is 10.3 Å². The van der Waals surface area contributed by atoms with Crippen molar-refractivity contribution in [3.63, 3.8) is 0 Å². The maximum absolute atomic E-state index is 5.70. The van der Waals surface area contributed by atoms with E-state index in [-0.39, 0.29) is 0 Å². The summed E-state index contributed by atoms with van der Waals surface area (Å²) < 4.78 is 16.0. The minimum Gasteiger partial charge on any atom is -0.456 e. The van der Waals surface area contributed by atoms with Crippen LogP contribution in [0.2, 0.25) is 0 Å². The zero-order chi connectivity index (χ0) is 15.7. The number of rotatable bonds is 5. The van der Waals surface area contributed by atoms with Crippen LogP contribution in [0.3, 0.4) is 0 Å². The van der Waals surface area contributed by atoms with Gasteiger partial charge in [-0.15, -0.1) is 0 Å². The van der Waals surface area contributed by atoms with Gasteiger partial charge in [0.05, 0.1) is 5.69 Å². The van der Waals surface area contributed by atoms with E-state index in [1.54, 1.807) is 0 Å². The van der Waals surface area contributed by atoms with Crippen LogP contribution in [0.1, 0.15) is 28.6 Å². The largest absolute Gasteiger partial charge is 0.456 e. The fraction of sp³-hybridized carbons (Fsp3) is 0.400. The lowest BCUT2D eigenvalue weighted by molar-refractivity contribution is 0.277. The van der Waals surface area contributed by atoms with Crippen molar-refractivity contribution in [2.24, 2.45) is 0 Å². The molecule has 7 heteroatoms. The maximum Gasteiger partial charge on any atom is 0.263 e. The molecule has 0 amide bonds. The molecule has 0 saturated heterocycles. The van der Waals surface area contributed by atoms with Crippen LogP contribution in [0.5, 0.6) is 0 Å². The number of aryl methyl sites for hydroxylation is 3. The Morgan fingerprint density at radius 1 is 1.00 bits per heavy atom. The summed E-state index contributed by atoms with van der Waals surface area (Å²) in [5.41, 5.74) is 2.50. The van der Waals surface area contributed by atoms with Crippen LogP contribution in [0, 0.1) is 20.8 Å². The Kier molecular flexibility index (Phi) is 3.81. The Morgan fingerprint density at radius 3 is 2.41 bits per heavy atom. The van der Waals surface area contributed by atoms with Gasteiger partial charge in [0.2, 0.25) is 0 Å². The average Bonchev–Trinajstić information content (AvgIpc) is 3.14. The smallest absolute Gasteiger partial charge is 0.263 e. The second-order valence-corrected chi connectivity index (χ2v) is 5.40. The normalized spacial score (nSPS) is 11.5. The van der Waals surface area contributed by atoms with Crippen LogP contribution in [0.25, 0.3) is 11.7 Å². The molecule has 0 aliphatic rings. The fourth-order valence-electron chi connectivity index (χ4n) is 2.19. The zero-order valence-electron chi connectivity index (χ0n) is 13.1. The molecule has 3 aromatic rings. The number of hydrogen-bond acceptors (Lipinski definition) is 7. The van der Waals surface area contributed by atoms with Crippen LogP contribution in [-0.4, -0.2) is 27.2 Å². The fourth-order valence-corrected chi connectivity index (χ4v) is 2.19. The van der Waals surface area contributed by atoms with E-state index in [4.69, 9.17) is 13.5 Å². The van der Waals surface area contributed by atoms with Crippen molar-refractivity contribution in [1.29, 1.82) is 0 Å². The summed E-state index contributed by atoms with van der Waals surface area (Å²) in [6.07, 6.45) is 0. The van der Waals surface area contributed by atoms with Gasteiger partial charge in [-0.2, -0.15) is 0 Å². The lowest BCUT2D eigenvalue weighted by atomic mass is 10.3. The summed E-state index contributed by atoms with van der Waals surface area (Å²) in [6.45, 7) is 6.94. The molecule has 0 aromatic carbocycles. The quantitative estimate of drug-likeness (QED) is 0.716. The first kappa shape index (κ1) is 14.5. The molecular formula is C15H18N4O3. The Bertz CT molecular complexity index is 771. The molecular weight excluding hydrogens is 284 g/mol. The van der Waals surface area contributed by atoms with Crippen LogP contribution < -0.4 is 0 Å². The maximum atomic E-state index is 5.70. The van der Waals surface area contributed by atoms with Gasteiger partial charge < -0.3 is 8.83 Å². The van der Waals surface area contributed by atoms with Crippen molar-refractivity contribution in [2.75, 3.05) is 7.05 Å². The standard InChI is InChI=1S/C15H18N4O3/c1-9-5-6-14(20-9)15-16-13(11(3)21-15)8-19(4)7-12-10(2)17-22-18-12/h5-6H,7-8H2,1-4H3. The summed E-state index contributed by atoms with van der Waals surface area (Å²) in [5, 5.41) is 7.67. The van der Waals surface area contributed by atoms with Crippen molar-refractivity contribution >= 4 is 0 Å². The van der Waals surface area contributed by atoms with E-state index in [1.165, 1.54) is 0 Å². The van der Waals surface area contributed by atoms with E-state index in [0.29, 0.717) is 24.7 Å². The Balaban J connectivity index is 1.72. The molecule has 0 fully saturated rings. The summed E-state index contributed by atoms with van der Waals surface area (Å²) >= 11 is 0. The molecule has 0 saturated carbocycles. The van der Waals surface area contributed by atoms with E-state index in [1.807, 2.05) is 40.0 Å². The molecule has 116 valence electrons. The van der Waals surface area contributed by atoms with Crippen molar-refractivity contribution in [1.82, 2.24) is 20.2 Å². The molecule has 3 aromatic heterocycles. The number of furan rings is 1. The van der Waals surface area contributed by atoms with Crippen LogP contribution in [0.4, 0.5) is 0 Å². The third-order valence-corrected chi connectivity index (χ3v) is 3.43. The van der Waals surface area contributed by atoms with E-state index >= 15 is 0 Å². The molecule has 0 aliphatic heterocycles. The van der Waals surface area contributed by atoms with Gasteiger partial charge in [-0.05, 0) is 40.0 Å². The van der Waals surface area contributed by atoms with Gasteiger partial charge in [0.25, 0.3) is 5.89 Å². The molecule has 0 atom stereocenters. The second kappa shape index (κ2) is 5.76. The third kappa shape index (κ3) is 2.94. The summed E-state index contributed by atoms with van der Waals surface area (Å²) in [4.78, 5) is 6.60. The molecule has 0 N–H and O–H groups in total.